The van der Waals surface area contributed by atoms with Crippen molar-refractivity contribution < 1.29 is 136 Å². The van der Waals surface area contributed by atoms with Gasteiger partial charge in [-0.1, -0.05) is 97.9 Å². The molecule has 0 radical (unpaired) electrons. The first-order chi connectivity index (χ1) is 35.6. The second-order valence-electron chi connectivity index (χ2n) is 16.8. The van der Waals surface area contributed by atoms with Gasteiger partial charge in [0.25, 0.3) is 5.77 Å². The van der Waals surface area contributed by atoms with E-state index in [1.165, 1.54) is 18.6 Å². The highest BCUT2D eigenvalue weighted by molar-refractivity contribution is 7.20. The lowest BCUT2D eigenvalue weighted by Gasteiger charge is -2.46. The maximum Gasteiger partial charge on any atom is 0.416 e. The van der Waals surface area contributed by atoms with Crippen molar-refractivity contribution >= 4 is 50.7 Å². The highest BCUT2D eigenvalue weighted by atomic mass is 127. The van der Waals surface area contributed by atoms with Crippen molar-refractivity contribution in [3.63, 3.8) is 0 Å². The molecule has 0 unspecified atom stereocenters. The zero-order chi connectivity index (χ0) is 58.8. The van der Waals surface area contributed by atoms with E-state index in [0.717, 1.165) is 36.2 Å². The Labute approximate surface area is 444 Å². The maximum absolute atomic E-state index is 14.2. The average molecular weight is 1300 g/mol. The SMILES string of the molecule is CCCCOc1ccc([I+]c2ccc(OCCCC)s2)s1.FC(F)(F)c1cc([B-](c2cc(C(F)(F)F)cc(C(F)(F)F)c2)(c2cc(C(F)(F)F)cc(C(F)(F)F)c2)c2cc(C(F)(F)F)cc(C(F)(F)F)c2)cc(C(F)(F)F)c1. The standard InChI is InChI=1S/C32H12BF24.C16H22IO2S2/c34-25(35,36)13-1-14(26(37,38)39)6-21(5-13)33(22-7-15(27(40,41)42)2-16(8-22)28(43,44)45,23-9-17(29(46,47)48)3-18(10-23)30(49,50)51)24-11-19(31(52,53)54)4-20(12-24)32(55,56)57;1-3-5-11-18-15-9-7-13(20-15)17-14-8-10-16(21-14)19-12-6-4-2/h1-12H;7-10H,3-6,11-12H2,1-2H3/q-1;+1. The Balaban J connectivity index is 0.000000443. The normalized spacial score (nSPS) is 13.4. The Bertz CT molecular complexity index is 2510. The van der Waals surface area contributed by atoms with Crippen LogP contribution in [0.3, 0.4) is 0 Å². The zero-order valence-corrected chi connectivity index (χ0v) is 42.9. The van der Waals surface area contributed by atoms with E-state index in [1.807, 2.05) is 0 Å². The van der Waals surface area contributed by atoms with Gasteiger partial charge in [-0.15, -0.1) is 0 Å². The fourth-order valence-electron chi connectivity index (χ4n) is 7.65. The summed E-state index contributed by atoms with van der Waals surface area (Å²) in [5.74, 6) is 0. The van der Waals surface area contributed by atoms with E-state index in [1.54, 1.807) is 22.7 Å². The Morgan fingerprint density at radius 2 is 0.538 bits per heavy atom. The van der Waals surface area contributed by atoms with Crippen LogP contribution in [0.5, 0.6) is 10.1 Å². The molecule has 0 bridgehead atoms. The molecular weight excluding hydrogens is 1270 g/mol. The molecule has 0 aliphatic heterocycles. The first kappa shape index (κ1) is 63.8. The molecule has 4 aromatic carbocycles. The van der Waals surface area contributed by atoms with Crippen molar-refractivity contribution in [3.8, 4) is 10.1 Å². The number of rotatable bonds is 14. The first-order valence-corrected chi connectivity index (χ1v) is 25.8. The summed E-state index contributed by atoms with van der Waals surface area (Å²) in [5, 5.41) is 2.13. The fourth-order valence-corrected chi connectivity index (χ4v) is 13.6. The smallest absolute Gasteiger partial charge is 0.416 e. The van der Waals surface area contributed by atoms with Gasteiger partial charge < -0.3 is 9.47 Å². The predicted octanol–water partition coefficient (Wildman–Crippen LogP) is 13.5. The van der Waals surface area contributed by atoms with E-state index >= 15 is 0 Å². The first-order valence-electron chi connectivity index (χ1n) is 22.0. The molecule has 0 aliphatic carbocycles. The van der Waals surface area contributed by atoms with E-state index in [4.69, 9.17) is 9.47 Å². The quantitative estimate of drug-likeness (QED) is 0.0468. The third-order valence-corrected chi connectivity index (χ3v) is 16.9. The second-order valence-corrected chi connectivity index (χ2v) is 23.3. The molecule has 0 atom stereocenters. The van der Waals surface area contributed by atoms with E-state index in [9.17, 15) is 105 Å². The number of hydrogen-bond acceptors (Lipinski definition) is 4. The van der Waals surface area contributed by atoms with Crippen LogP contribution in [0, 0.1) is 5.77 Å². The van der Waals surface area contributed by atoms with Crippen molar-refractivity contribution in [2.75, 3.05) is 13.2 Å². The summed E-state index contributed by atoms with van der Waals surface area (Å²) in [4.78, 5) is 0. The fraction of sp³-hybridized carbons (Fsp3) is 0.333. The largest absolute Gasteiger partial charge is 0.484 e. The van der Waals surface area contributed by atoms with Gasteiger partial charge in [-0.25, -0.2) is 0 Å². The highest BCUT2D eigenvalue weighted by Crippen LogP contribution is 2.41. The topological polar surface area (TPSA) is 18.5 Å². The van der Waals surface area contributed by atoms with E-state index < -0.39 is 195 Å². The van der Waals surface area contributed by atoms with Gasteiger partial charge in [-0.3, -0.25) is 0 Å². The van der Waals surface area contributed by atoms with Crippen molar-refractivity contribution in [3.05, 3.63) is 147 Å². The van der Waals surface area contributed by atoms with Gasteiger partial charge in [-0.05, 0) is 49.2 Å². The summed E-state index contributed by atoms with van der Waals surface area (Å²) in [5.41, 5.74) is -30.2. The maximum atomic E-state index is 14.2. The Morgan fingerprint density at radius 1 is 0.333 bits per heavy atom. The molecule has 6 rings (SSSR count). The lowest BCUT2D eigenvalue weighted by Crippen LogP contribution is -3.61. The number of thiophene rings is 2. The number of ether oxygens (including phenoxy) is 2. The summed E-state index contributed by atoms with van der Waals surface area (Å²) in [6, 6.07) is -0.147. The summed E-state index contributed by atoms with van der Waals surface area (Å²) in [6.07, 6.45) is -50.2. The Hall–Kier alpha value is -5.01. The van der Waals surface area contributed by atoms with Crippen molar-refractivity contribution in [1.82, 2.24) is 0 Å². The number of hydrogen-bond donors (Lipinski definition) is 0. The van der Waals surface area contributed by atoms with Crippen molar-refractivity contribution in [2.45, 2.75) is 88.9 Å². The minimum absolute atomic E-state index is 0.0920. The van der Waals surface area contributed by atoms with Gasteiger partial charge in [0.1, 0.15) is 6.15 Å². The number of alkyl halides is 24. The second kappa shape index (κ2) is 23.6. The van der Waals surface area contributed by atoms with Crippen LogP contribution in [0.2, 0.25) is 0 Å². The van der Waals surface area contributed by atoms with E-state index in [-0.39, 0.29) is 21.2 Å². The van der Waals surface area contributed by atoms with Gasteiger partial charge >= 0.3 is 70.6 Å². The minimum atomic E-state index is -6.13. The van der Waals surface area contributed by atoms with Crippen molar-refractivity contribution in [1.29, 1.82) is 0 Å². The monoisotopic (exact) mass is 1300 g/mol. The van der Waals surface area contributed by atoms with Crippen LogP contribution < -0.4 is 52.5 Å². The highest BCUT2D eigenvalue weighted by Gasteiger charge is 2.47. The molecule has 2 heterocycles. The van der Waals surface area contributed by atoms with Crippen LogP contribution in [0.25, 0.3) is 0 Å². The van der Waals surface area contributed by atoms with Crippen molar-refractivity contribution in [2.24, 2.45) is 0 Å². The van der Waals surface area contributed by atoms with Gasteiger partial charge in [-0.2, -0.15) is 127 Å². The van der Waals surface area contributed by atoms with Crippen LogP contribution >= 0.6 is 22.7 Å². The Morgan fingerprint density at radius 3 is 0.718 bits per heavy atom. The van der Waals surface area contributed by atoms with Crippen LogP contribution in [0.4, 0.5) is 105 Å². The Kier molecular flexibility index (Phi) is 19.3. The van der Waals surface area contributed by atoms with Gasteiger partial charge in [0.2, 0.25) is 0 Å². The third kappa shape index (κ3) is 16.1. The number of unbranched alkanes of at least 4 members (excludes halogenated alkanes) is 2. The van der Waals surface area contributed by atoms with E-state index in [0.29, 0.717) is 0 Å². The van der Waals surface area contributed by atoms with Crippen LogP contribution in [-0.2, 0) is 49.4 Å². The molecule has 428 valence electrons. The molecule has 6 aromatic rings. The molecule has 0 aliphatic rings. The predicted molar refractivity (Wildman–Crippen MR) is 237 cm³/mol. The molecular formula is C48H34BF24IO2S2. The summed E-state index contributed by atoms with van der Waals surface area (Å²) >= 11 is 3.51. The summed E-state index contributed by atoms with van der Waals surface area (Å²) in [6.45, 7) is 6.05. The molecule has 0 spiro atoms. The minimum Gasteiger partial charge on any atom is -0.484 e. The summed E-state index contributed by atoms with van der Waals surface area (Å²) < 4.78 is 355. The van der Waals surface area contributed by atoms with Crippen LogP contribution in [0.15, 0.2) is 97.1 Å². The van der Waals surface area contributed by atoms with Gasteiger partial charge in [0.15, 0.2) is 10.1 Å². The van der Waals surface area contributed by atoms with Crippen LogP contribution in [0.1, 0.15) is 84.0 Å². The molecule has 2 nitrogen and oxygen atoms in total. The number of benzene rings is 4. The van der Waals surface area contributed by atoms with Gasteiger partial charge in [0.05, 0.1) is 57.7 Å². The third-order valence-electron chi connectivity index (χ3n) is 11.2. The molecule has 0 amide bonds. The molecule has 30 heteroatoms. The molecule has 0 saturated carbocycles. The molecule has 78 heavy (non-hydrogen) atoms. The molecule has 0 fully saturated rings. The van der Waals surface area contributed by atoms with E-state index in [2.05, 4.69) is 38.1 Å². The van der Waals surface area contributed by atoms with Crippen LogP contribution in [-0.4, -0.2) is 19.4 Å². The molecule has 2 aromatic heterocycles. The number of halogens is 25. The summed E-state index contributed by atoms with van der Waals surface area (Å²) in [7, 11) is 0. The lowest BCUT2D eigenvalue weighted by atomic mass is 9.12. The molecule has 0 saturated heterocycles. The van der Waals surface area contributed by atoms with Gasteiger partial charge in [0, 0.05) is 12.1 Å². The lowest BCUT2D eigenvalue weighted by molar-refractivity contribution is -0.585. The average Bonchev–Trinajstić information content (AvgIpc) is 3.96. The zero-order valence-electron chi connectivity index (χ0n) is 39.1. The molecule has 0 N–H and O–H groups in total.